The van der Waals surface area contributed by atoms with Gasteiger partial charge in [0.25, 0.3) is 0 Å². The number of carboxylic acid groups (broad SMARTS) is 1. The zero-order valence-corrected chi connectivity index (χ0v) is 31.1. The molecule has 2 N–H and O–H groups in total. The first-order valence-corrected chi connectivity index (χ1v) is 18.0. The summed E-state index contributed by atoms with van der Waals surface area (Å²) in [6.07, 6.45) is 4.96. The fourth-order valence-corrected chi connectivity index (χ4v) is 7.47. The Hall–Kier alpha value is -2.95. The molecular weight excluding hydrogens is 632 g/mol. The minimum atomic E-state index is -1.61. The van der Waals surface area contributed by atoms with Crippen molar-refractivity contribution in [3.63, 3.8) is 0 Å². The summed E-state index contributed by atoms with van der Waals surface area (Å²) in [7, 11) is 0. The van der Waals surface area contributed by atoms with Gasteiger partial charge in [-0.25, -0.2) is 4.79 Å². The van der Waals surface area contributed by atoms with E-state index in [0.717, 1.165) is 38.2 Å². The first kappa shape index (κ1) is 42.2. The van der Waals surface area contributed by atoms with Gasteiger partial charge in [0.05, 0.1) is 41.0 Å². The van der Waals surface area contributed by atoms with Gasteiger partial charge in [0, 0.05) is 6.08 Å². The van der Waals surface area contributed by atoms with E-state index in [1.165, 1.54) is 6.92 Å². The lowest BCUT2D eigenvalue weighted by Gasteiger charge is -2.42. The van der Waals surface area contributed by atoms with E-state index in [4.69, 9.17) is 18.9 Å². The van der Waals surface area contributed by atoms with Crippen LogP contribution in [0.5, 0.6) is 0 Å². The van der Waals surface area contributed by atoms with Gasteiger partial charge in [-0.05, 0) is 117 Å². The van der Waals surface area contributed by atoms with Gasteiger partial charge >= 0.3 is 29.8 Å². The molecule has 0 aromatic carbocycles. The first-order chi connectivity index (χ1) is 22.7. The average molecular weight is 695 g/mol. The number of esters is 4. The minimum absolute atomic E-state index is 0.00424. The summed E-state index contributed by atoms with van der Waals surface area (Å²) < 4.78 is 22.6. The Labute approximate surface area is 292 Å². The Balaban J connectivity index is 2.28. The van der Waals surface area contributed by atoms with Crippen molar-refractivity contribution in [3.05, 3.63) is 12.7 Å². The predicted molar refractivity (Wildman–Crippen MR) is 183 cm³/mol. The third-order valence-corrected chi connectivity index (χ3v) is 10.4. The van der Waals surface area contributed by atoms with Crippen molar-refractivity contribution in [1.29, 1.82) is 0 Å². The van der Waals surface area contributed by atoms with Gasteiger partial charge in [-0.2, -0.15) is 0 Å². The minimum Gasteiger partial charge on any atom is -0.481 e. The maximum absolute atomic E-state index is 13.9. The molecule has 280 valence electrons. The Kier molecular flexibility index (Phi) is 15.3. The van der Waals surface area contributed by atoms with Crippen LogP contribution in [0.4, 0.5) is 0 Å². The maximum atomic E-state index is 13.9. The van der Waals surface area contributed by atoms with Crippen LogP contribution in [0.15, 0.2) is 12.7 Å². The number of carboxylic acids is 1. The lowest BCUT2D eigenvalue weighted by molar-refractivity contribution is -0.176. The van der Waals surface area contributed by atoms with Crippen molar-refractivity contribution in [2.24, 2.45) is 33.5 Å². The van der Waals surface area contributed by atoms with Gasteiger partial charge in [-0.15, -0.1) is 0 Å². The molecule has 0 radical (unpaired) electrons. The number of aliphatic hydroxyl groups excluding tert-OH is 1. The van der Waals surface area contributed by atoms with E-state index in [1.807, 2.05) is 20.8 Å². The topological polar surface area (TPSA) is 163 Å². The fraction of sp³-hybridized carbons (Fsp3) is 0.816. The zero-order chi connectivity index (χ0) is 37.2. The van der Waals surface area contributed by atoms with Gasteiger partial charge in [-0.3, -0.25) is 19.2 Å². The van der Waals surface area contributed by atoms with E-state index >= 15 is 0 Å². The normalized spacial score (nSPS) is 24.0. The Morgan fingerprint density at radius 3 is 1.94 bits per heavy atom. The number of hydrogen-bond acceptors (Lipinski definition) is 10. The third-order valence-electron chi connectivity index (χ3n) is 10.4. The average Bonchev–Trinajstić information content (AvgIpc) is 3.03. The van der Waals surface area contributed by atoms with Crippen molar-refractivity contribution in [1.82, 2.24) is 0 Å². The predicted octanol–water partition coefficient (Wildman–Crippen LogP) is 6.57. The van der Waals surface area contributed by atoms with Crippen LogP contribution in [0.1, 0.15) is 132 Å². The molecule has 0 saturated heterocycles. The highest BCUT2D eigenvalue weighted by Gasteiger charge is 2.53. The lowest BCUT2D eigenvalue weighted by Crippen LogP contribution is -2.48. The Bertz CT molecular complexity index is 1170. The van der Waals surface area contributed by atoms with Gasteiger partial charge < -0.3 is 29.2 Å². The van der Waals surface area contributed by atoms with Crippen LogP contribution in [-0.2, 0) is 42.9 Å². The number of carbonyl (C=O) groups is 5. The van der Waals surface area contributed by atoms with Gasteiger partial charge in [0.2, 0.25) is 0 Å². The summed E-state index contributed by atoms with van der Waals surface area (Å²) in [5.41, 5.74) is -5.43. The molecule has 0 spiro atoms. The second-order valence-corrected chi connectivity index (χ2v) is 16.4. The largest absolute Gasteiger partial charge is 0.481 e. The van der Waals surface area contributed by atoms with E-state index in [2.05, 4.69) is 6.58 Å². The lowest BCUT2D eigenvalue weighted by atomic mass is 9.61. The molecular formula is C38H62O11. The number of aliphatic carboxylic acids is 1. The first-order valence-electron chi connectivity index (χ1n) is 18.0. The van der Waals surface area contributed by atoms with E-state index in [1.54, 1.807) is 27.7 Å². The maximum Gasteiger partial charge on any atom is 0.330 e. The van der Waals surface area contributed by atoms with Crippen LogP contribution in [0.2, 0.25) is 0 Å². The standard InChI is InChI=1S/C38H62O11/c1-10-30(40)46-21-26-17-18-29(28(39)19-26)49-32(43)35(5,6)22-37(8,31(41)42)24-38(9,33(44)47-20-25(3)4)23-36(7,11-2)34(45)48-27-15-13-12-14-16-27/h10,25-29,39H,1,11-24H2,2-9H3,(H,41,42). The van der Waals surface area contributed by atoms with Crippen LogP contribution in [0.3, 0.4) is 0 Å². The highest BCUT2D eigenvalue weighted by atomic mass is 16.6. The summed E-state index contributed by atoms with van der Waals surface area (Å²) in [4.78, 5) is 65.6. The molecule has 2 aliphatic rings. The summed E-state index contributed by atoms with van der Waals surface area (Å²) in [6, 6.07) is 0. The van der Waals surface area contributed by atoms with E-state index in [9.17, 15) is 34.2 Å². The van der Waals surface area contributed by atoms with Crippen molar-refractivity contribution in [2.45, 2.75) is 151 Å². The number of hydrogen-bond donors (Lipinski definition) is 2. The molecule has 0 amide bonds. The molecule has 0 heterocycles. The summed E-state index contributed by atoms with van der Waals surface area (Å²) in [5, 5.41) is 21.4. The number of aliphatic hydroxyl groups is 1. The molecule has 0 bridgehead atoms. The molecule has 6 atom stereocenters. The van der Waals surface area contributed by atoms with Crippen molar-refractivity contribution in [3.8, 4) is 0 Å². The number of carbonyl (C=O) groups excluding carboxylic acids is 4. The van der Waals surface area contributed by atoms with Gasteiger partial charge in [-0.1, -0.05) is 33.8 Å². The van der Waals surface area contributed by atoms with E-state index in [-0.39, 0.29) is 56.8 Å². The Morgan fingerprint density at radius 1 is 0.796 bits per heavy atom. The number of ether oxygens (including phenoxy) is 4. The molecule has 6 unspecified atom stereocenters. The van der Waals surface area contributed by atoms with Gasteiger partial charge in [0.15, 0.2) is 0 Å². The zero-order valence-electron chi connectivity index (χ0n) is 31.1. The number of rotatable bonds is 18. The molecule has 2 aliphatic carbocycles. The molecule has 0 aromatic heterocycles. The smallest absolute Gasteiger partial charge is 0.330 e. The van der Waals surface area contributed by atoms with Crippen LogP contribution in [0.25, 0.3) is 0 Å². The second-order valence-electron chi connectivity index (χ2n) is 16.4. The SMILES string of the molecule is C=CC(=O)OCC1CCC(OC(=O)C(C)(C)CC(C)(CC(C)(CC(C)(CC)C(=O)OC2CCCCC2)C(=O)OCC(C)C)C(=O)O)C(O)C1. The summed E-state index contributed by atoms with van der Waals surface area (Å²) in [6.45, 7) is 17.4. The highest BCUT2D eigenvalue weighted by molar-refractivity contribution is 5.83. The second kappa shape index (κ2) is 17.8. The molecule has 49 heavy (non-hydrogen) atoms. The highest BCUT2D eigenvalue weighted by Crippen LogP contribution is 2.49. The Morgan fingerprint density at radius 2 is 1.41 bits per heavy atom. The molecule has 2 fully saturated rings. The van der Waals surface area contributed by atoms with Crippen LogP contribution in [-0.4, -0.2) is 71.6 Å². The van der Waals surface area contributed by atoms with Gasteiger partial charge in [0.1, 0.15) is 12.2 Å². The van der Waals surface area contributed by atoms with Crippen molar-refractivity contribution >= 4 is 29.8 Å². The van der Waals surface area contributed by atoms with Crippen molar-refractivity contribution in [2.75, 3.05) is 13.2 Å². The third kappa shape index (κ3) is 12.1. The van der Waals surface area contributed by atoms with Crippen molar-refractivity contribution < 1.29 is 53.1 Å². The summed E-state index contributed by atoms with van der Waals surface area (Å²) in [5.74, 6) is -3.48. The van der Waals surface area contributed by atoms with Crippen LogP contribution in [0, 0.1) is 33.5 Å². The molecule has 0 aliphatic heterocycles. The van der Waals surface area contributed by atoms with Crippen LogP contribution >= 0.6 is 0 Å². The molecule has 11 heteroatoms. The monoisotopic (exact) mass is 694 g/mol. The summed E-state index contributed by atoms with van der Waals surface area (Å²) >= 11 is 0. The van der Waals surface area contributed by atoms with Crippen LogP contribution < -0.4 is 0 Å². The molecule has 11 nitrogen and oxygen atoms in total. The molecule has 2 rings (SSSR count). The fourth-order valence-electron chi connectivity index (χ4n) is 7.47. The van der Waals surface area contributed by atoms with E-state index in [0.29, 0.717) is 19.3 Å². The molecule has 2 saturated carbocycles. The molecule has 0 aromatic rings. The van der Waals surface area contributed by atoms with E-state index < -0.39 is 63.7 Å². The quantitative estimate of drug-likeness (QED) is 0.0906.